The van der Waals surface area contributed by atoms with Crippen LogP contribution < -0.4 is 20.1 Å². The lowest BCUT2D eigenvalue weighted by atomic mass is 10.2. The molecule has 0 amide bonds. The van der Waals surface area contributed by atoms with Crippen molar-refractivity contribution in [2.24, 2.45) is 4.99 Å². The van der Waals surface area contributed by atoms with Gasteiger partial charge in [-0.2, -0.15) is 0 Å². The molecule has 1 heterocycles. The Labute approximate surface area is 174 Å². The number of nitrogens with one attached hydrogen (secondary N) is 2. The van der Waals surface area contributed by atoms with E-state index in [1.165, 1.54) is 19.4 Å². The van der Waals surface area contributed by atoms with Gasteiger partial charge in [-0.05, 0) is 45.0 Å². The van der Waals surface area contributed by atoms with Crippen molar-refractivity contribution in [3.8, 4) is 11.5 Å². The van der Waals surface area contributed by atoms with E-state index < -0.39 is 0 Å². The van der Waals surface area contributed by atoms with Crippen LogP contribution in [0, 0.1) is 0 Å². The molecular formula is C19H33IN4O2. The quantitative estimate of drug-likeness (QED) is 0.249. The second kappa shape index (κ2) is 13.0. The van der Waals surface area contributed by atoms with Crippen molar-refractivity contribution in [1.82, 2.24) is 15.5 Å². The van der Waals surface area contributed by atoms with Crippen LogP contribution in [0.15, 0.2) is 29.3 Å². The molecule has 1 atom stereocenters. The highest BCUT2D eigenvalue weighted by atomic mass is 127. The van der Waals surface area contributed by atoms with E-state index in [0.29, 0.717) is 19.2 Å². The van der Waals surface area contributed by atoms with E-state index in [4.69, 9.17) is 14.5 Å². The van der Waals surface area contributed by atoms with Gasteiger partial charge in [0.1, 0.15) is 18.1 Å². The van der Waals surface area contributed by atoms with Crippen molar-refractivity contribution in [3.63, 3.8) is 0 Å². The maximum atomic E-state index is 5.76. The van der Waals surface area contributed by atoms with Gasteiger partial charge in [-0.25, -0.2) is 0 Å². The van der Waals surface area contributed by atoms with E-state index in [-0.39, 0.29) is 24.0 Å². The first-order valence-corrected chi connectivity index (χ1v) is 9.29. The predicted octanol–water partition coefficient (Wildman–Crippen LogP) is 2.73. The van der Waals surface area contributed by atoms with Crippen molar-refractivity contribution in [1.29, 1.82) is 0 Å². The summed E-state index contributed by atoms with van der Waals surface area (Å²) < 4.78 is 11.0. The Morgan fingerprint density at radius 2 is 2.08 bits per heavy atom. The number of methoxy groups -OCH3 is 1. The minimum absolute atomic E-state index is 0. The van der Waals surface area contributed by atoms with Crippen LogP contribution in [0.3, 0.4) is 0 Å². The number of likely N-dealkylation sites (tertiary alicyclic amines) is 1. The zero-order chi connectivity index (χ0) is 17.9. The van der Waals surface area contributed by atoms with E-state index in [9.17, 15) is 0 Å². The Morgan fingerprint density at radius 3 is 2.81 bits per heavy atom. The highest BCUT2D eigenvalue weighted by molar-refractivity contribution is 14.0. The van der Waals surface area contributed by atoms with Crippen LogP contribution in [0.4, 0.5) is 0 Å². The normalized spacial score (nSPS) is 17.5. The molecule has 1 aliphatic rings. The van der Waals surface area contributed by atoms with Crippen molar-refractivity contribution in [2.75, 3.05) is 46.4 Å². The van der Waals surface area contributed by atoms with E-state index >= 15 is 0 Å². The summed E-state index contributed by atoms with van der Waals surface area (Å²) in [5.74, 6) is 2.48. The molecule has 148 valence electrons. The fraction of sp³-hybridized carbons (Fsp3) is 0.632. The fourth-order valence-electron chi connectivity index (χ4n) is 3.09. The average molecular weight is 476 g/mol. The average Bonchev–Trinajstić information content (AvgIpc) is 3.11. The largest absolute Gasteiger partial charge is 0.497 e. The summed E-state index contributed by atoms with van der Waals surface area (Å²) in [7, 11) is 1.66. The first-order chi connectivity index (χ1) is 12.3. The molecule has 0 bridgehead atoms. The lowest BCUT2D eigenvalue weighted by Crippen LogP contribution is -2.40. The van der Waals surface area contributed by atoms with Crippen molar-refractivity contribution >= 4 is 29.9 Å². The Bertz CT molecular complexity index is 542. The molecule has 26 heavy (non-hydrogen) atoms. The third-order valence-electron chi connectivity index (χ3n) is 4.41. The second-order valence-corrected chi connectivity index (χ2v) is 6.10. The third kappa shape index (κ3) is 7.57. The van der Waals surface area contributed by atoms with E-state index in [1.807, 2.05) is 24.3 Å². The van der Waals surface area contributed by atoms with E-state index in [2.05, 4.69) is 29.4 Å². The Balaban J connectivity index is 0.00000338. The standard InChI is InChI=1S/C19H32N4O2.HI/c1-4-20-19(22-15-16-8-7-12-23(16)5-2)21-11-13-25-18-10-6-9-17(14-18)24-3;/h6,9-10,14,16H,4-5,7-8,11-13,15H2,1-3H3,(H2,20,21,22);1H. The van der Waals surface area contributed by atoms with E-state index in [0.717, 1.165) is 37.1 Å². The van der Waals surface area contributed by atoms with Gasteiger partial charge >= 0.3 is 0 Å². The van der Waals surface area contributed by atoms with Gasteiger partial charge in [0.15, 0.2) is 5.96 Å². The number of nitrogens with zero attached hydrogens (tertiary/aromatic N) is 2. The zero-order valence-corrected chi connectivity index (χ0v) is 18.5. The Kier molecular flexibility index (Phi) is 11.4. The monoisotopic (exact) mass is 476 g/mol. The number of ether oxygens (including phenoxy) is 2. The number of halogens is 1. The number of benzene rings is 1. The second-order valence-electron chi connectivity index (χ2n) is 6.10. The molecule has 1 unspecified atom stereocenters. The number of aliphatic imine (C=N–C) groups is 1. The SMILES string of the molecule is CCNC(=NCC1CCCN1CC)NCCOc1cccc(OC)c1.I. The molecule has 1 fully saturated rings. The summed E-state index contributed by atoms with van der Waals surface area (Å²) in [6.45, 7) is 9.59. The van der Waals surface area contributed by atoms with Crippen LogP contribution >= 0.6 is 24.0 Å². The number of rotatable bonds is 9. The first kappa shape index (κ1) is 22.8. The topological polar surface area (TPSA) is 58.1 Å². The molecule has 0 spiro atoms. The predicted molar refractivity (Wildman–Crippen MR) is 118 cm³/mol. The number of likely N-dealkylation sites (N-methyl/N-ethyl adjacent to an activating group) is 1. The van der Waals surface area contributed by atoms with Gasteiger partial charge in [-0.15, -0.1) is 24.0 Å². The van der Waals surface area contributed by atoms with Gasteiger partial charge in [-0.3, -0.25) is 9.89 Å². The zero-order valence-electron chi connectivity index (χ0n) is 16.2. The van der Waals surface area contributed by atoms with Crippen LogP contribution in [0.5, 0.6) is 11.5 Å². The summed E-state index contributed by atoms with van der Waals surface area (Å²) in [6.07, 6.45) is 2.53. The molecule has 1 saturated heterocycles. The molecule has 2 rings (SSSR count). The molecule has 2 N–H and O–H groups in total. The van der Waals surface area contributed by atoms with Crippen molar-refractivity contribution in [2.45, 2.75) is 32.7 Å². The molecule has 0 saturated carbocycles. The molecule has 7 heteroatoms. The Hall–Kier alpha value is -1.22. The van der Waals surface area contributed by atoms with Crippen LogP contribution in [0.25, 0.3) is 0 Å². The third-order valence-corrected chi connectivity index (χ3v) is 4.41. The molecule has 1 aromatic rings. The van der Waals surface area contributed by atoms with E-state index in [1.54, 1.807) is 7.11 Å². The fourth-order valence-corrected chi connectivity index (χ4v) is 3.09. The summed E-state index contributed by atoms with van der Waals surface area (Å²) in [5, 5.41) is 6.64. The minimum Gasteiger partial charge on any atom is -0.497 e. The molecule has 0 aromatic heterocycles. The lowest BCUT2D eigenvalue weighted by Gasteiger charge is -2.21. The smallest absolute Gasteiger partial charge is 0.191 e. The number of guanidine groups is 1. The Morgan fingerprint density at radius 1 is 1.27 bits per heavy atom. The number of hydrogen-bond acceptors (Lipinski definition) is 4. The molecule has 6 nitrogen and oxygen atoms in total. The van der Waals surface area contributed by atoms with Gasteiger partial charge in [-0.1, -0.05) is 13.0 Å². The van der Waals surface area contributed by atoms with Gasteiger partial charge in [0, 0.05) is 18.7 Å². The van der Waals surface area contributed by atoms with Crippen LogP contribution in [0.2, 0.25) is 0 Å². The van der Waals surface area contributed by atoms with Gasteiger partial charge in [0.05, 0.1) is 20.2 Å². The summed E-state index contributed by atoms with van der Waals surface area (Å²) in [4.78, 5) is 7.26. The molecule has 0 radical (unpaired) electrons. The first-order valence-electron chi connectivity index (χ1n) is 9.29. The number of hydrogen-bond donors (Lipinski definition) is 2. The van der Waals surface area contributed by atoms with Crippen LogP contribution in [0.1, 0.15) is 26.7 Å². The highest BCUT2D eigenvalue weighted by Crippen LogP contribution is 2.18. The van der Waals surface area contributed by atoms with Gasteiger partial charge < -0.3 is 20.1 Å². The van der Waals surface area contributed by atoms with Crippen molar-refractivity contribution in [3.05, 3.63) is 24.3 Å². The molecule has 1 aromatic carbocycles. The van der Waals surface area contributed by atoms with Crippen LogP contribution in [-0.2, 0) is 0 Å². The van der Waals surface area contributed by atoms with Gasteiger partial charge in [0.2, 0.25) is 0 Å². The maximum Gasteiger partial charge on any atom is 0.191 e. The summed E-state index contributed by atoms with van der Waals surface area (Å²) in [5.41, 5.74) is 0. The van der Waals surface area contributed by atoms with Crippen molar-refractivity contribution < 1.29 is 9.47 Å². The molecular weight excluding hydrogens is 443 g/mol. The highest BCUT2D eigenvalue weighted by Gasteiger charge is 2.22. The minimum atomic E-state index is 0. The molecule has 1 aliphatic heterocycles. The summed E-state index contributed by atoms with van der Waals surface area (Å²) >= 11 is 0. The van der Waals surface area contributed by atoms with Crippen LogP contribution in [-0.4, -0.2) is 63.3 Å². The summed E-state index contributed by atoms with van der Waals surface area (Å²) in [6, 6.07) is 8.23. The van der Waals surface area contributed by atoms with Gasteiger partial charge in [0.25, 0.3) is 0 Å². The maximum absolute atomic E-state index is 5.76. The molecule has 0 aliphatic carbocycles. The lowest BCUT2D eigenvalue weighted by molar-refractivity contribution is 0.273.